The minimum atomic E-state index is -0.160. The predicted octanol–water partition coefficient (Wildman–Crippen LogP) is 4.27. The Balaban J connectivity index is 1.70. The number of anilines is 1. The molecule has 0 atom stereocenters. The molecule has 0 spiro atoms. The Kier molecular flexibility index (Phi) is 7.00. The molecule has 0 fully saturated rings. The van der Waals surface area contributed by atoms with E-state index in [-0.39, 0.29) is 11.7 Å². The highest BCUT2D eigenvalue weighted by molar-refractivity contribution is 7.99. The molecule has 1 amide bonds. The van der Waals surface area contributed by atoms with Crippen LogP contribution in [0.4, 0.5) is 5.69 Å². The maximum absolute atomic E-state index is 12.4. The van der Waals surface area contributed by atoms with Crippen molar-refractivity contribution in [1.82, 2.24) is 14.8 Å². The van der Waals surface area contributed by atoms with Gasteiger partial charge in [0, 0.05) is 12.1 Å². The summed E-state index contributed by atoms with van der Waals surface area (Å²) in [5.41, 5.74) is 1.37. The number of para-hydroxylation sites is 2. The van der Waals surface area contributed by atoms with Crippen LogP contribution in [0.5, 0.6) is 11.5 Å². The first-order chi connectivity index (χ1) is 14.0. The number of benzene rings is 2. The molecule has 0 radical (unpaired) electrons. The van der Waals surface area contributed by atoms with Crippen LogP contribution < -0.4 is 14.8 Å². The molecule has 3 rings (SSSR count). The lowest BCUT2D eigenvalue weighted by Crippen LogP contribution is -2.15. The van der Waals surface area contributed by atoms with Crippen molar-refractivity contribution in [2.75, 3.05) is 24.8 Å². The van der Waals surface area contributed by atoms with Gasteiger partial charge in [0.15, 0.2) is 11.0 Å². The van der Waals surface area contributed by atoms with Crippen LogP contribution in [0.2, 0.25) is 5.02 Å². The van der Waals surface area contributed by atoms with E-state index >= 15 is 0 Å². The topological polar surface area (TPSA) is 78.3 Å². The van der Waals surface area contributed by atoms with Gasteiger partial charge in [-0.15, -0.1) is 10.2 Å². The minimum absolute atomic E-state index is 0.160. The highest BCUT2D eigenvalue weighted by Gasteiger charge is 2.17. The summed E-state index contributed by atoms with van der Waals surface area (Å²) in [6.07, 6.45) is 0. The van der Waals surface area contributed by atoms with Crippen LogP contribution in [0.1, 0.15) is 6.92 Å². The standard InChI is InChI=1S/C20H21ClN4O3S/c1-4-28-17-8-6-5-7-15(17)22-18(26)12-29-20-24-23-19(25(20)2)14-11-13(21)9-10-16(14)27-3/h5-11H,4,12H2,1-3H3,(H,22,26). The number of aromatic nitrogens is 3. The van der Waals surface area contributed by atoms with Crippen LogP contribution in [-0.2, 0) is 11.8 Å². The Hall–Kier alpha value is -2.71. The molecule has 0 aliphatic heterocycles. The third-order valence-corrected chi connectivity index (χ3v) is 5.29. The number of hydrogen-bond donors (Lipinski definition) is 1. The Labute approximate surface area is 178 Å². The lowest BCUT2D eigenvalue weighted by atomic mass is 10.2. The van der Waals surface area contributed by atoms with Crippen LogP contribution in [0.3, 0.4) is 0 Å². The van der Waals surface area contributed by atoms with Gasteiger partial charge < -0.3 is 19.4 Å². The van der Waals surface area contributed by atoms with E-state index in [4.69, 9.17) is 21.1 Å². The summed E-state index contributed by atoms with van der Waals surface area (Å²) in [4.78, 5) is 12.4. The average molecular weight is 433 g/mol. The van der Waals surface area contributed by atoms with E-state index in [2.05, 4.69) is 15.5 Å². The van der Waals surface area contributed by atoms with E-state index in [0.717, 1.165) is 5.56 Å². The van der Waals surface area contributed by atoms with Gasteiger partial charge in [-0.1, -0.05) is 35.5 Å². The smallest absolute Gasteiger partial charge is 0.234 e. The Morgan fingerprint density at radius 1 is 1.21 bits per heavy atom. The molecule has 1 aromatic heterocycles. The third-order valence-electron chi connectivity index (χ3n) is 4.03. The lowest BCUT2D eigenvalue weighted by Gasteiger charge is -2.11. The first-order valence-corrected chi connectivity index (χ1v) is 10.3. The van der Waals surface area contributed by atoms with Crippen molar-refractivity contribution in [3.8, 4) is 22.9 Å². The number of thioether (sulfide) groups is 1. The summed E-state index contributed by atoms with van der Waals surface area (Å²) >= 11 is 7.41. The zero-order valence-electron chi connectivity index (χ0n) is 16.3. The summed E-state index contributed by atoms with van der Waals surface area (Å²) in [5, 5.41) is 12.5. The molecule has 29 heavy (non-hydrogen) atoms. The first kappa shape index (κ1) is 21.0. The number of halogens is 1. The second-order valence-electron chi connectivity index (χ2n) is 5.98. The van der Waals surface area contributed by atoms with Crippen LogP contribution >= 0.6 is 23.4 Å². The molecule has 1 heterocycles. The molecule has 0 saturated carbocycles. The first-order valence-electron chi connectivity index (χ1n) is 8.91. The summed E-state index contributed by atoms with van der Waals surface area (Å²) < 4.78 is 12.7. The van der Waals surface area contributed by atoms with Crippen molar-refractivity contribution in [3.05, 3.63) is 47.5 Å². The monoisotopic (exact) mass is 432 g/mol. The van der Waals surface area contributed by atoms with Crippen molar-refractivity contribution in [2.24, 2.45) is 7.05 Å². The highest BCUT2D eigenvalue weighted by atomic mass is 35.5. The number of ether oxygens (including phenoxy) is 2. The Morgan fingerprint density at radius 3 is 2.76 bits per heavy atom. The quantitative estimate of drug-likeness (QED) is 0.535. The van der Waals surface area contributed by atoms with Gasteiger partial charge in [-0.3, -0.25) is 4.79 Å². The number of nitrogens with one attached hydrogen (secondary N) is 1. The molecule has 9 heteroatoms. The molecule has 0 aliphatic rings. The maximum Gasteiger partial charge on any atom is 0.234 e. The molecule has 152 valence electrons. The second-order valence-corrected chi connectivity index (χ2v) is 7.35. The lowest BCUT2D eigenvalue weighted by molar-refractivity contribution is -0.113. The van der Waals surface area contributed by atoms with Crippen molar-refractivity contribution < 1.29 is 14.3 Å². The molecular weight excluding hydrogens is 412 g/mol. The van der Waals surface area contributed by atoms with Crippen molar-refractivity contribution >= 4 is 35.0 Å². The number of carbonyl (C=O) groups excluding carboxylic acids is 1. The van der Waals surface area contributed by atoms with E-state index < -0.39 is 0 Å². The molecule has 0 bridgehead atoms. The minimum Gasteiger partial charge on any atom is -0.496 e. The van der Waals surface area contributed by atoms with Crippen LogP contribution in [0.25, 0.3) is 11.4 Å². The summed E-state index contributed by atoms with van der Waals surface area (Å²) in [6.45, 7) is 2.42. The highest BCUT2D eigenvalue weighted by Crippen LogP contribution is 2.32. The SMILES string of the molecule is CCOc1ccccc1NC(=O)CSc1nnc(-c2cc(Cl)ccc2OC)n1C. The van der Waals surface area contributed by atoms with Gasteiger partial charge in [0.1, 0.15) is 11.5 Å². The average Bonchev–Trinajstić information content (AvgIpc) is 3.08. The fourth-order valence-electron chi connectivity index (χ4n) is 2.70. The van der Waals surface area contributed by atoms with Gasteiger partial charge in [-0.05, 0) is 37.3 Å². The molecule has 0 unspecified atom stereocenters. The number of hydrogen-bond acceptors (Lipinski definition) is 6. The number of carbonyl (C=O) groups is 1. The maximum atomic E-state index is 12.4. The van der Waals surface area contributed by atoms with Gasteiger partial charge in [0.2, 0.25) is 5.91 Å². The van der Waals surface area contributed by atoms with Gasteiger partial charge >= 0.3 is 0 Å². The fourth-order valence-corrected chi connectivity index (χ4v) is 3.58. The predicted molar refractivity (Wildman–Crippen MR) is 115 cm³/mol. The summed E-state index contributed by atoms with van der Waals surface area (Å²) in [6, 6.07) is 12.6. The largest absolute Gasteiger partial charge is 0.496 e. The van der Waals surface area contributed by atoms with Gasteiger partial charge in [-0.2, -0.15) is 0 Å². The number of amides is 1. The Morgan fingerprint density at radius 2 is 2.00 bits per heavy atom. The number of rotatable bonds is 8. The van der Waals surface area contributed by atoms with Crippen LogP contribution in [-0.4, -0.2) is 40.1 Å². The normalized spacial score (nSPS) is 10.6. The second kappa shape index (κ2) is 9.67. The van der Waals surface area contributed by atoms with E-state index in [0.29, 0.717) is 39.8 Å². The summed E-state index contributed by atoms with van der Waals surface area (Å²) in [7, 11) is 3.42. The van der Waals surface area contributed by atoms with Crippen LogP contribution in [0, 0.1) is 0 Å². The van der Waals surface area contributed by atoms with Crippen molar-refractivity contribution in [2.45, 2.75) is 12.1 Å². The molecule has 7 nitrogen and oxygen atoms in total. The molecule has 0 saturated heterocycles. The van der Waals surface area contributed by atoms with Gasteiger partial charge in [0.05, 0.1) is 30.7 Å². The molecule has 2 aromatic carbocycles. The van der Waals surface area contributed by atoms with Gasteiger partial charge in [0.25, 0.3) is 0 Å². The van der Waals surface area contributed by atoms with Crippen molar-refractivity contribution in [3.63, 3.8) is 0 Å². The molecule has 3 aromatic rings. The summed E-state index contributed by atoms with van der Waals surface area (Å²) in [5.74, 6) is 1.91. The van der Waals surface area contributed by atoms with E-state index in [1.807, 2.05) is 32.2 Å². The van der Waals surface area contributed by atoms with Gasteiger partial charge in [-0.25, -0.2) is 0 Å². The van der Waals surface area contributed by atoms with E-state index in [1.54, 1.807) is 35.9 Å². The number of methoxy groups -OCH3 is 1. The zero-order valence-corrected chi connectivity index (χ0v) is 17.9. The zero-order chi connectivity index (χ0) is 20.8. The molecule has 1 N–H and O–H groups in total. The van der Waals surface area contributed by atoms with E-state index in [1.165, 1.54) is 11.8 Å². The number of nitrogens with zero attached hydrogens (tertiary/aromatic N) is 3. The van der Waals surface area contributed by atoms with Crippen molar-refractivity contribution in [1.29, 1.82) is 0 Å². The molecule has 0 aliphatic carbocycles. The molecular formula is C20H21ClN4O3S. The third kappa shape index (κ3) is 5.02. The van der Waals surface area contributed by atoms with Crippen LogP contribution in [0.15, 0.2) is 47.6 Å². The Bertz CT molecular complexity index is 1010. The van der Waals surface area contributed by atoms with E-state index in [9.17, 15) is 4.79 Å². The fraction of sp³-hybridized carbons (Fsp3) is 0.250.